The van der Waals surface area contributed by atoms with E-state index in [2.05, 4.69) is 10.0 Å². The maximum absolute atomic E-state index is 12.6. The number of rotatable bonds is 9. The van der Waals surface area contributed by atoms with E-state index in [1.54, 1.807) is 19.2 Å². The summed E-state index contributed by atoms with van der Waals surface area (Å²) in [5, 5.41) is 2.90. The zero-order chi connectivity index (χ0) is 22.4. The summed E-state index contributed by atoms with van der Waals surface area (Å²) in [6.45, 7) is 1.41. The van der Waals surface area contributed by atoms with Crippen molar-refractivity contribution in [2.24, 2.45) is 0 Å². The lowest BCUT2D eigenvalue weighted by Gasteiger charge is -2.15. The third-order valence-electron chi connectivity index (χ3n) is 4.89. The number of carbonyl (C=O) groups is 1. The van der Waals surface area contributed by atoms with Crippen molar-refractivity contribution in [2.75, 3.05) is 27.4 Å². The minimum atomic E-state index is -3.69. The van der Waals surface area contributed by atoms with Gasteiger partial charge in [-0.15, -0.1) is 0 Å². The van der Waals surface area contributed by atoms with Gasteiger partial charge in [0.2, 0.25) is 10.0 Å². The van der Waals surface area contributed by atoms with Crippen molar-refractivity contribution in [2.45, 2.75) is 30.4 Å². The summed E-state index contributed by atoms with van der Waals surface area (Å²) in [5.74, 6) is 0.654. The van der Waals surface area contributed by atoms with Crippen LogP contribution in [0.2, 0.25) is 5.02 Å². The van der Waals surface area contributed by atoms with E-state index in [9.17, 15) is 13.2 Å². The quantitative estimate of drug-likeness (QED) is 0.586. The summed E-state index contributed by atoms with van der Waals surface area (Å²) in [4.78, 5) is 12.6. The van der Waals surface area contributed by atoms with E-state index in [4.69, 9.17) is 25.8 Å². The number of methoxy groups -OCH3 is 1. The molecule has 0 aliphatic carbocycles. The molecule has 1 atom stereocenters. The fourth-order valence-corrected chi connectivity index (χ4v) is 4.10. The van der Waals surface area contributed by atoms with E-state index >= 15 is 0 Å². The van der Waals surface area contributed by atoms with Crippen LogP contribution in [0.5, 0.6) is 11.5 Å². The first-order valence-electron chi connectivity index (χ1n) is 9.76. The second-order valence-corrected chi connectivity index (χ2v) is 9.26. The van der Waals surface area contributed by atoms with Gasteiger partial charge in [-0.25, -0.2) is 13.1 Å². The van der Waals surface area contributed by atoms with Crippen LogP contribution in [-0.4, -0.2) is 47.8 Å². The Kier molecular flexibility index (Phi) is 7.77. The molecule has 1 saturated heterocycles. The molecule has 1 heterocycles. The Hall–Kier alpha value is -2.33. The molecule has 0 saturated carbocycles. The molecule has 2 aromatic rings. The highest BCUT2D eigenvalue weighted by atomic mass is 35.5. The number of ether oxygens (including phenoxy) is 3. The summed E-state index contributed by atoms with van der Waals surface area (Å²) >= 11 is 6.10. The van der Waals surface area contributed by atoms with E-state index < -0.39 is 15.9 Å². The Bertz CT molecular complexity index is 1040. The summed E-state index contributed by atoms with van der Waals surface area (Å²) in [6.07, 6.45) is 2.11. The molecule has 1 aliphatic rings. The molecule has 1 fully saturated rings. The Labute approximate surface area is 186 Å². The van der Waals surface area contributed by atoms with Crippen molar-refractivity contribution in [1.29, 1.82) is 0 Å². The molecule has 3 rings (SSSR count). The van der Waals surface area contributed by atoms with Crippen LogP contribution in [0.15, 0.2) is 41.3 Å². The predicted octanol–water partition coefficient (Wildman–Crippen LogP) is 2.74. The van der Waals surface area contributed by atoms with Gasteiger partial charge in [0.25, 0.3) is 5.91 Å². The van der Waals surface area contributed by atoms with E-state index in [1.165, 1.54) is 25.2 Å². The van der Waals surface area contributed by atoms with Crippen molar-refractivity contribution >= 4 is 27.5 Å². The van der Waals surface area contributed by atoms with E-state index in [0.717, 1.165) is 25.0 Å². The van der Waals surface area contributed by atoms with Gasteiger partial charge in [0.15, 0.2) is 11.5 Å². The molecule has 2 aromatic carbocycles. The molecule has 2 N–H and O–H groups in total. The Balaban J connectivity index is 1.66. The summed E-state index contributed by atoms with van der Waals surface area (Å²) in [6, 6.07) is 9.33. The number of sulfonamides is 1. The molecule has 0 bridgehead atoms. The average Bonchev–Trinajstić information content (AvgIpc) is 3.30. The number of benzene rings is 2. The van der Waals surface area contributed by atoms with Gasteiger partial charge in [0, 0.05) is 13.2 Å². The van der Waals surface area contributed by atoms with E-state index in [1.807, 2.05) is 6.07 Å². The third-order valence-corrected chi connectivity index (χ3v) is 6.63. The fraction of sp³-hybridized carbons (Fsp3) is 0.381. The normalized spacial score (nSPS) is 16.2. The lowest BCUT2D eigenvalue weighted by molar-refractivity contribution is 0.0669. The first-order chi connectivity index (χ1) is 14.8. The van der Waals surface area contributed by atoms with Gasteiger partial charge in [-0.3, -0.25) is 4.79 Å². The van der Waals surface area contributed by atoms with Crippen molar-refractivity contribution in [1.82, 2.24) is 10.0 Å². The standard InChI is InChI=1S/C21H25ClN2O6S/c1-23-31(26,27)16-6-7-18(22)17(11-16)21(25)24-12-14-5-8-19(20(10-14)28-2)30-13-15-4-3-9-29-15/h5-8,10-11,15,23H,3-4,9,12-13H2,1-2H3,(H,24,25). The number of hydrogen-bond acceptors (Lipinski definition) is 6. The molecular formula is C21H25ClN2O6S. The predicted molar refractivity (Wildman–Crippen MR) is 116 cm³/mol. The van der Waals surface area contributed by atoms with Gasteiger partial charge in [-0.1, -0.05) is 17.7 Å². The van der Waals surface area contributed by atoms with Gasteiger partial charge in [0.05, 0.1) is 28.7 Å². The first-order valence-corrected chi connectivity index (χ1v) is 11.6. The largest absolute Gasteiger partial charge is 0.493 e. The second-order valence-electron chi connectivity index (χ2n) is 6.96. The molecule has 0 spiro atoms. The van der Waals surface area contributed by atoms with Gasteiger partial charge < -0.3 is 19.5 Å². The minimum Gasteiger partial charge on any atom is -0.493 e. The molecule has 1 unspecified atom stereocenters. The maximum atomic E-state index is 12.6. The van der Waals surface area contributed by atoms with Crippen LogP contribution in [0.3, 0.4) is 0 Å². The van der Waals surface area contributed by atoms with Crippen LogP contribution in [0.25, 0.3) is 0 Å². The SMILES string of the molecule is CNS(=O)(=O)c1ccc(Cl)c(C(=O)NCc2ccc(OCC3CCCO3)c(OC)c2)c1. The van der Waals surface area contributed by atoms with E-state index in [-0.39, 0.29) is 28.1 Å². The first kappa shape index (κ1) is 23.3. The lowest BCUT2D eigenvalue weighted by atomic mass is 10.1. The van der Waals surface area contributed by atoms with Gasteiger partial charge in [0.1, 0.15) is 6.61 Å². The Morgan fingerprint density at radius 1 is 1.23 bits per heavy atom. The van der Waals surface area contributed by atoms with E-state index in [0.29, 0.717) is 18.1 Å². The van der Waals surface area contributed by atoms with Crippen LogP contribution in [0.4, 0.5) is 0 Å². The monoisotopic (exact) mass is 468 g/mol. The highest BCUT2D eigenvalue weighted by molar-refractivity contribution is 7.89. The van der Waals surface area contributed by atoms with Crippen LogP contribution < -0.4 is 19.5 Å². The van der Waals surface area contributed by atoms with Crippen molar-refractivity contribution in [3.05, 3.63) is 52.5 Å². The molecule has 1 amide bonds. The molecule has 0 aromatic heterocycles. The van der Waals surface area contributed by atoms with Gasteiger partial charge >= 0.3 is 0 Å². The van der Waals surface area contributed by atoms with Crippen LogP contribution in [0, 0.1) is 0 Å². The summed E-state index contributed by atoms with van der Waals surface area (Å²) in [5.41, 5.74) is 0.853. The summed E-state index contributed by atoms with van der Waals surface area (Å²) in [7, 11) is -0.849. The topological polar surface area (TPSA) is 103 Å². The minimum absolute atomic E-state index is 0.0426. The second kappa shape index (κ2) is 10.3. The van der Waals surface area contributed by atoms with Crippen molar-refractivity contribution in [3.8, 4) is 11.5 Å². The van der Waals surface area contributed by atoms with Crippen LogP contribution in [-0.2, 0) is 21.3 Å². The average molecular weight is 469 g/mol. The number of hydrogen-bond donors (Lipinski definition) is 2. The van der Waals surface area contributed by atoms with Crippen molar-refractivity contribution < 1.29 is 27.4 Å². The summed E-state index contributed by atoms with van der Waals surface area (Å²) < 4.78 is 43.0. The number of carbonyl (C=O) groups excluding carboxylic acids is 1. The molecule has 1 aliphatic heterocycles. The van der Waals surface area contributed by atoms with Gasteiger partial charge in [-0.05, 0) is 55.8 Å². The number of halogens is 1. The third kappa shape index (κ3) is 5.88. The maximum Gasteiger partial charge on any atom is 0.253 e. The fourth-order valence-electron chi connectivity index (χ4n) is 3.14. The van der Waals surface area contributed by atoms with Crippen LogP contribution >= 0.6 is 11.6 Å². The van der Waals surface area contributed by atoms with Crippen LogP contribution in [0.1, 0.15) is 28.8 Å². The highest BCUT2D eigenvalue weighted by Crippen LogP contribution is 2.29. The number of nitrogens with one attached hydrogen (secondary N) is 2. The molecule has 31 heavy (non-hydrogen) atoms. The smallest absolute Gasteiger partial charge is 0.253 e. The molecule has 10 heteroatoms. The molecule has 0 radical (unpaired) electrons. The van der Waals surface area contributed by atoms with Crippen molar-refractivity contribution in [3.63, 3.8) is 0 Å². The highest BCUT2D eigenvalue weighted by Gasteiger charge is 2.19. The zero-order valence-electron chi connectivity index (χ0n) is 17.3. The lowest BCUT2D eigenvalue weighted by Crippen LogP contribution is -2.24. The number of amides is 1. The molecular weight excluding hydrogens is 444 g/mol. The molecule has 168 valence electrons. The molecule has 8 nitrogen and oxygen atoms in total. The Morgan fingerprint density at radius 3 is 2.71 bits per heavy atom. The van der Waals surface area contributed by atoms with Gasteiger partial charge in [-0.2, -0.15) is 0 Å². The Morgan fingerprint density at radius 2 is 2.03 bits per heavy atom. The zero-order valence-corrected chi connectivity index (χ0v) is 18.9.